The van der Waals surface area contributed by atoms with Crippen molar-refractivity contribution in [2.75, 3.05) is 13.1 Å². The summed E-state index contributed by atoms with van der Waals surface area (Å²) >= 11 is 2.99. The Morgan fingerprint density at radius 1 is 1.41 bits per heavy atom. The molecule has 90 valence electrons. The number of nitrogens with one attached hydrogen (secondary N) is 1. The lowest BCUT2D eigenvalue weighted by molar-refractivity contribution is 0.0950. The van der Waals surface area contributed by atoms with E-state index in [0.29, 0.717) is 18.8 Å². The number of nitrogens with zero attached hydrogens (tertiary/aromatic N) is 2. The zero-order chi connectivity index (χ0) is 12.3. The van der Waals surface area contributed by atoms with E-state index >= 15 is 0 Å². The van der Waals surface area contributed by atoms with Gasteiger partial charge in [0.2, 0.25) is 0 Å². The number of amides is 1. The lowest BCUT2D eigenvalue weighted by Crippen LogP contribution is -2.29. The number of carbonyl (C=O) groups excluding carboxylic acids is 1. The summed E-state index contributed by atoms with van der Waals surface area (Å²) in [6.45, 7) is 2.83. The first-order chi connectivity index (χ1) is 8.20. The second kappa shape index (κ2) is 5.35. The molecule has 0 unspecified atom stereocenters. The van der Waals surface area contributed by atoms with Crippen molar-refractivity contribution in [3.8, 4) is 10.7 Å². The second-order valence-corrected chi connectivity index (χ2v) is 5.25. The molecule has 7 heteroatoms. The molecule has 2 heterocycles. The summed E-state index contributed by atoms with van der Waals surface area (Å²) in [6, 6.07) is 0. The third-order valence-corrected chi connectivity index (χ3v) is 3.64. The highest BCUT2D eigenvalue weighted by Gasteiger charge is 2.12. The molecule has 0 aromatic carbocycles. The minimum Gasteiger partial charge on any atom is -0.349 e. The first-order valence-corrected chi connectivity index (χ1v) is 6.83. The maximum atomic E-state index is 11.6. The fourth-order valence-corrected chi connectivity index (χ4v) is 2.67. The van der Waals surface area contributed by atoms with E-state index < -0.39 is 0 Å². The van der Waals surface area contributed by atoms with Gasteiger partial charge in [0.15, 0.2) is 0 Å². The van der Waals surface area contributed by atoms with Crippen LogP contribution in [0.2, 0.25) is 0 Å². The Morgan fingerprint density at radius 3 is 2.88 bits per heavy atom. The van der Waals surface area contributed by atoms with Crippen LogP contribution in [-0.4, -0.2) is 29.0 Å². The number of aromatic nitrogens is 2. The normalized spacial score (nSPS) is 10.5. The Morgan fingerprint density at radius 2 is 2.24 bits per heavy atom. The highest BCUT2D eigenvalue weighted by molar-refractivity contribution is 7.14. The van der Waals surface area contributed by atoms with Crippen LogP contribution in [0.15, 0.2) is 10.8 Å². The third-order valence-electron chi connectivity index (χ3n) is 2.00. The van der Waals surface area contributed by atoms with Gasteiger partial charge in [-0.15, -0.1) is 22.7 Å². The van der Waals surface area contributed by atoms with Crippen LogP contribution in [0.25, 0.3) is 10.7 Å². The van der Waals surface area contributed by atoms with E-state index in [2.05, 4.69) is 15.3 Å². The number of hydrogen-bond acceptors (Lipinski definition) is 6. The summed E-state index contributed by atoms with van der Waals surface area (Å²) in [5, 5.41) is 8.11. The van der Waals surface area contributed by atoms with E-state index in [9.17, 15) is 4.79 Å². The van der Waals surface area contributed by atoms with Gasteiger partial charge in [0.25, 0.3) is 5.91 Å². The van der Waals surface area contributed by atoms with Crippen LogP contribution < -0.4 is 11.1 Å². The monoisotopic (exact) mass is 268 g/mol. The smallest absolute Gasteiger partial charge is 0.270 e. The fourth-order valence-electron chi connectivity index (χ4n) is 1.23. The topological polar surface area (TPSA) is 80.9 Å². The average Bonchev–Trinajstić information content (AvgIpc) is 2.93. The zero-order valence-electron chi connectivity index (χ0n) is 9.27. The first kappa shape index (κ1) is 12.2. The highest BCUT2D eigenvalue weighted by Crippen LogP contribution is 2.24. The van der Waals surface area contributed by atoms with Crippen molar-refractivity contribution in [3.05, 3.63) is 21.5 Å². The largest absolute Gasteiger partial charge is 0.349 e. The molecule has 2 aromatic heterocycles. The highest BCUT2D eigenvalue weighted by atomic mass is 32.1. The molecule has 0 fully saturated rings. The van der Waals surface area contributed by atoms with Crippen LogP contribution in [0.4, 0.5) is 0 Å². The van der Waals surface area contributed by atoms with Crippen molar-refractivity contribution >= 4 is 28.6 Å². The Kier molecular flexibility index (Phi) is 3.82. The Labute approximate surface area is 107 Å². The summed E-state index contributed by atoms with van der Waals surface area (Å²) in [5.74, 6) is -0.190. The molecule has 0 spiro atoms. The van der Waals surface area contributed by atoms with E-state index in [1.165, 1.54) is 11.3 Å². The molecule has 0 aliphatic rings. The first-order valence-electron chi connectivity index (χ1n) is 5.07. The second-order valence-electron chi connectivity index (χ2n) is 3.33. The third kappa shape index (κ3) is 2.87. The molecule has 0 saturated carbocycles. The van der Waals surface area contributed by atoms with Crippen molar-refractivity contribution < 1.29 is 4.79 Å². The molecule has 0 aliphatic heterocycles. The van der Waals surface area contributed by atoms with Gasteiger partial charge in [0, 0.05) is 23.8 Å². The molecular weight excluding hydrogens is 256 g/mol. The Bertz CT molecular complexity index is 520. The minimum atomic E-state index is -0.190. The van der Waals surface area contributed by atoms with Crippen LogP contribution >= 0.6 is 22.7 Å². The number of carbonyl (C=O) groups is 1. The van der Waals surface area contributed by atoms with Crippen LogP contribution in [0, 0.1) is 6.92 Å². The molecule has 17 heavy (non-hydrogen) atoms. The number of hydrogen-bond donors (Lipinski definition) is 2. The molecule has 2 rings (SSSR count). The van der Waals surface area contributed by atoms with Gasteiger partial charge in [-0.25, -0.2) is 9.97 Å². The maximum absolute atomic E-state index is 11.6. The van der Waals surface area contributed by atoms with Gasteiger partial charge in [-0.1, -0.05) is 0 Å². The standard InChI is InChI=1S/C10H12N4OS2/c1-6-13-8(5-16-6)10-14-7(4-17-10)9(15)12-3-2-11/h4-5H,2-3,11H2,1H3,(H,12,15). The van der Waals surface area contributed by atoms with Gasteiger partial charge in [0.05, 0.1) is 5.01 Å². The van der Waals surface area contributed by atoms with Crippen molar-refractivity contribution in [2.24, 2.45) is 5.73 Å². The number of aryl methyl sites for hydroxylation is 1. The van der Waals surface area contributed by atoms with Crippen molar-refractivity contribution in [3.63, 3.8) is 0 Å². The minimum absolute atomic E-state index is 0.190. The SMILES string of the molecule is Cc1nc(-c2nc(C(=O)NCCN)cs2)cs1. The van der Waals surface area contributed by atoms with E-state index in [4.69, 9.17) is 5.73 Å². The van der Waals surface area contributed by atoms with E-state index in [-0.39, 0.29) is 5.91 Å². The molecule has 0 aliphatic carbocycles. The average molecular weight is 268 g/mol. The summed E-state index contributed by atoms with van der Waals surface area (Å²) in [5.41, 5.74) is 6.56. The fraction of sp³-hybridized carbons (Fsp3) is 0.300. The molecule has 5 nitrogen and oxygen atoms in total. The predicted octanol–water partition coefficient (Wildman–Crippen LogP) is 1.26. The lowest BCUT2D eigenvalue weighted by Gasteiger charge is -1.98. The Balaban J connectivity index is 2.13. The van der Waals surface area contributed by atoms with Gasteiger partial charge in [0.1, 0.15) is 16.4 Å². The molecule has 3 N–H and O–H groups in total. The molecule has 0 radical (unpaired) electrons. The summed E-state index contributed by atoms with van der Waals surface area (Å²) in [6.07, 6.45) is 0. The summed E-state index contributed by atoms with van der Waals surface area (Å²) in [4.78, 5) is 20.2. The molecule has 2 aromatic rings. The van der Waals surface area contributed by atoms with Gasteiger partial charge in [-0.2, -0.15) is 0 Å². The molecule has 1 amide bonds. The summed E-state index contributed by atoms with van der Waals surface area (Å²) in [7, 11) is 0. The van der Waals surface area contributed by atoms with E-state index in [1.54, 1.807) is 16.7 Å². The van der Waals surface area contributed by atoms with Gasteiger partial charge < -0.3 is 11.1 Å². The number of nitrogens with two attached hydrogens (primary N) is 1. The molecule has 0 bridgehead atoms. The van der Waals surface area contributed by atoms with Crippen molar-refractivity contribution in [2.45, 2.75) is 6.92 Å². The van der Waals surface area contributed by atoms with E-state index in [1.807, 2.05) is 12.3 Å². The quantitative estimate of drug-likeness (QED) is 0.875. The summed E-state index contributed by atoms with van der Waals surface area (Å²) < 4.78 is 0. The zero-order valence-corrected chi connectivity index (χ0v) is 10.9. The van der Waals surface area contributed by atoms with Crippen LogP contribution in [0.1, 0.15) is 15.5 Å². The number of rotatable bonds is 4. The van der Waals surface area contributed by atoms with Crippen LogP contribution in [0.5, 0.6) is 0 Å². The molecule has 0 saturated heterocycles. The van der Waals surface area contributed by atoms with Gasteiger partial charge in [-0.3, -0.25) is 4.79 Å². The lowest BCUT2D eigenvalue weighted by atomic mass is 10.4. The number of thiazole rings is 2. The van der Waals surface area contributed by atoms with E-state index in [0.717, 1.165) is 15.7 Å². The van der Waals surface area contributed by atoms with Crippen molar-refractivity contribution in [1.82, 2.24) is 15.3 Å². The predicted molar refractivity (Wildman–Crippen MR) is 69.3 cm³/mol. The van der Waals surface area contributed by atoms with Gasteiger partial charge in [-0.05, 0) is 6.92 Å². The Hall–Kier alpha value is -1.31. The van der Waals surface area contributed by atoms with Gasteiger partial charge >= 0.3 is 0 Å². The van der Waals surface area contributed by atoms with Crippen LogP contribution in [-0.2, 0) is 0 Å². The maximum Gasteiger partial charge on any atom is 0.270 e. The molecular formula is C10H12N4OS2. The van der Waals surface area contributed by atoms with Crippen LogP contribution in [0.3, 0.4) is 0 Å². The molecule has 0 atom stereocenters. The van der Waals surface area contributed by atoms with Crippen molar-refractivity contribution in [1.29, 1.82) is 0 Å².